The molecule has 2 aliphatic heterocycles. The largest absolute Gasteiger partial charge is 0.493 e. The summed E-state index contributed by atoms with van der Waals surface area (Å²) in [5.74, 6) is 0.429. The van der Waals surface area contributed by atoms with Gasteiger partial charge in [-0.15, -0.1) is 0 Å². The lowest BCUT2D eigenvalue weighted by atomic mass is 9.85. The second-order valence-corrected chi connectivity index (χ2v) is 9.13. The number of nitrogens with zero attached hydrogens (tertiary/aromatic N) is 3. The number of benzene rings is 2. The average molecular weight is 496 g/mol. The number of urea groups is 1. The first kappa shape index (κ1) is 25.5. The molecule has 0 bridgehead atoms. The predicted octanol–water partition coefficient (Wildman–Crippen LogP) is 2.72. The van der Waals surface area contributed by atoms with Gasteiger partial charge in [0.2, 0.25) is 0 Å². The second-order valence-electron chi connectivity index (χ2n) is 9.13. The summed E-state index contributed by atoms with van der Waals surface area (Å²) in [6, 6.07) is 15.3. The molecule has 2 saturated heterocycles. The lowest BCUT2D eigenvalue weighted by molar-refractivity contribution is -0.146. The maximum Gasteiger partial charge on any atom is 0.328 e. The van der Waals surface area contributed by atoms with Crippen molar-refractivity contribution in [3.8, 4) is 11.5 Å². The highest BCUT2D eigenvalue weighted by molar-refractivity contribution is 6.08. The zero-order chi connectivity index (χ0) is 25.7. The molecule has 2 heterocycles. The van der Waals surface area contributed by atoms with E-state index in [0.717, 1.165) is 16.0 Å². The van der Waals surface area contributed by atoms with Crippen LogP contribution in [0.5, 0.6) is 11.5 Å². The normalized spacial score (nSPS) is 17.5. The lowest BCUT2D eigenvalue weighted by Gasteiger charge is -2.42. The van der Waals surface area contributed by atoms with Gasteiger partial charge in [0.05, 0.1) is 21.3 Å². The molecule has 0 atom stereocenters. The molecule has 2 aromatic rings. The van der Waals surface area contributed by atoms with Crippen LogP contribution in [0.3, 0.4) is 0 Å². The average Bonchev–Trinajstić information content (AvgIpc) is 3.09. The van der Waals surface area contributed by atoms with Gasteiger partial charge in [0.25, 0.3) is 5.91 Å². The predicted molar refractivity (Wildman–Crippen MR) is 133 cm³/mol. The van der Waals surface area contributed by atoms with Gasteiger partial charge in [-0.2, -0.15) is 0 Å². The van der Waals surface area contributed by atoms with E-state index >= 15 is 0 Å². The molecule has 192 valence electrons. The Morgan fingerprint density at radius 1 is 0.917 bits per heavy atom. The van der Waals surface area contributed by atoms with E-state index in [1.807, 2.05) is 48.5 Å². The van der Waals surface area contributed by atoms with Crippen LogP contribution in [0.15, 0.2) is 48.5 Å². The number of carbonyl (C=O) groups is 3. The zero-order valence-corrected chi connectivity index (χ0v) is 21.1. The Morgan fingerprint density at radius 3 is 2.25 bits per heavy atom. The summed E-state index contributed by atoms with van der Waals surface area (Å²) in [4.78, 5) is 43.9. The first-order valence-corrected chi connectivity index (χ1v) is 12.1. The second kappa shape index (κ2) is 11.0. The first-order valence-electron chi connectivity index (χ1n) is 12.1. The molecule has 4 rings (SSSR count). The van der Waals surface area contributed by atoms with Gasteiger partial charge in [-0.3, -0.25) is 19.4 Å². The van der Waals surface area contributed by atoms with Gasteiger partial charge in [0.1, 0.15) is 12.1 Å². The van der Waals surface area contributed by atoms with Crippen LogP contribution in [0, 0.1) is 0 Å². The molecule has 0 unspecified atom stereocenters. The minimum atomic E-state index is -0.950. The SMILES string of the molecule is COC(=O)CN1C(=O)N(CCc2ccccc2)C2(CCN(Cc3ccc(OC)c(OC)c3)CC2)C1=O. The number of hydrogen-bond donors (Lipinski definition) is 0. The zero-order valence-electron chi connectivity index (χ0n) is 21.1. The number of carbonyl (C=O) groups excluding carboxylic acids is 3. The van der Waals surface area contributed by atoms with Crippen LogP contribution < -0.4 is 9.47 Å². The van der Waals surface area contributed by atoms with Crippen molar-refractivity contribution in [2.24, 2.45) is 0 Å². The van der Waals surface area contributed by atoms with Crippen LogP contribution >= 0.6 is 0 Å². The summed E-state index contributed by atoms with van der Waals surface area (Å²) < 4.78 is 15.5. The molecular formula is C27H33N3O6. The summed E-state index contributed by atoms with van der Waals surface area (Å²) in [5.41, 5.74) is 1.21. The Kier molecular flexibility index (Phi) is 7.79. The number of imide groups is 1. The van der Waals surface area contributed by atoms with Crippen LogP contribution in [0.25, 0.3) is 0 Å². The van der Waals surface area contributed by atoms with Crippen molar-refractivity contribution in [1.29, 1.82) is 0 Å². The fourth-order valence-electron chi connectivity index (χ4n) is 5.11. The van der Waals surface area contributed by atoms with Crippen molar-refractivity contribution in [1.82, 2.24) is 14.7 Å². The van der Waals surface area contributed by atoms with Crippen LogP contribution in [0.1, 0.15) is 24.0 Å². The first-order chi connectivity index (χ1) is 17.4. The van der Waals surface area contributed by atoms with E-state index in [9.17, 15) is 14.4 Å². The molecule has 2 aliphatic rings. The molecule has 9 heteroatoms. The molecule has 2 fully saturated rings. The van der Waals surface area contributed by atoms with Crippen LogP contribution in [0.2, 0.25) is 0 Å². The molecule has 3 amide bonds. The van der Waals surface area contributed by atoms with E-state index < -0.39 is 17.5 Å². The standard InChI is InChI=1S/C27H33N3O6/c1-34-22-10-9-21(17-23(22)35-2)18-28-15-12-27(13-16-28)25(32)29(19-24(31)36-3)26(33)30(27)14-11-20-7-5-4-6-8-20/h4-10,17H,11-16,18-19H2,1-3H3. The quantitative estimate of drug-likeness (QED) is 0.390. The molecule has 0 N–H and O–H groups in total. The molecule has 0 aromatic heterocycles. The molecule has 0 saturated carbocycles. The Bertz CT molecular complexity index is 1100. The fourth-order valence-corrected chi connectivity index (χ4v) is 5.11. The third kappa shape index (κ3) is 5.02. The number of ether oxygens (including phenoxy) is 3. The van der Waals surface area contributed by atoms with Crippen LogP contribution in [-0.2, 0) is 27.3 Å². The Labute approximate surface area is 211 Å². The third-order valence-electron chi connectivity index (χ3n) is 7.14. The number of likely N-dealkylation sites (tertiary alicyclic amines) is 1. The van der Waals surface area contributed by atoms with E-state index in [1.54, 1.807) is 19.1 Å². The highest BCUT2D eigenvalue weighted by Crippen LogP contribution is 2.38. The number of methoxy groups -OCH3 is 3. The van der Waals surface area contributed by atoms with Gasteiger partial charge in [-0.05, 0) is 42.5 Å². The number of amides is 3. The number of rotatable bonds is 9. The van der Waals surface area contributed by atoms with Crippen molar-refractivity contribution < 1.29 is 28.6 Å². The van der Waals surface area contributed by atoms with Crippen molar-refractivity contribution in [2.75, 3.05) is 47.5 Å². The summed E-state index contributed by atoms with van der Waals surface area (Å²) >= 11 is 0. The summed E-state index contributed by atoms with van der Waals surface area (Å²) in [7, 11) is 4.47. The maximum absolute atomic E-state index is 13.6. The maximum atomic E-state index is 13.6. The monoisotopic (exact) mass is 495 g/mol. The van der Waals surface area contributed by atoms with Crippen molar-refractivity contribution in [2.45, 2.75) is 31.3 Å². The molecular weight excluding hydrogens is 462 g/mol. The molecule has 36 heavy (non-hydrogen) atoms. The summed E-state index contributed by atoms with van der Waals surface area (Å²) in [5, 5.41) is 0. The molecule has 0 radical (unpaired) electrons. The van der Waals surface area contributed by atoms with Crippen molar-refractivity contribution in [3.05, 3.63) is 59.7 Å². The van der Waals surface area contributed by atoms with E-state index in [-0.39, 0.29) is 12.5 Å². The van der Waals surface area contributed by atoms with Crippen molar-refractivity contribution >= 4 is 17.9 Å². The van der Waals surface area contributed by atoms with E-state index in [1.165, 1.54) is 7.11 Å². The van der Waals surface area contributed by atoms with E-state index in [0.29, 0.717) is 56.9 Å². The Balaban J connectivity index is 1.50. The van der Waals surface area contributed by atoms with E-state index in [4.69, 9.17) is 14.2 Å². The Hall–Kier alpha value is -3.59. The van der Waals surface area contributed by atoms with Gasteiger partial charge < -0.3 is 19.1 Å². The topological polar surface area (TPSA) is 88.6 Å². The van der Waals surface area contributed by atoms with Gasteiger partial charge in [-0.25, -0.2) is 4.79 Å². The molecule has 2 aromatic carbocycles. The van der Waals surface area contributed by atoms with Gasteiger partial charge >= 0.3 is 12.0 Å². The van der Waals surface area contributed by atoms with Gasteiger partial charge in [0.15, 0.2) is 11.5 Å². The number of piperidine rings is 1. The number of hydrogen-bond acceptors (Lipinski definition) is 7. The lowest BCUT2D eigenvalue weighted by Crippen LogP contribution is -2.56. The molecule has 9 nitrogen and oxygen atoms in total. The summed E-state index contributed by atoms with van der Waals surface area (Å²) in [6.07, 6.45) is 1.62. The smallest absolute Gasteiger partial charge is 0.328 e. The minimum Gasteiger partial charge on any atom is -0.493 e. The molecule has 1 spiro atoms. The number of esters is 1. The highest BCUT2D eigenvalue weighted by Gasteiger charge is 2.58. The van der Waals surface area contributed by atoms with Gasteiger partial charge in [0, 0.05) is 26.2 Å². The van der Waals surface area contributed by atoms with Crippen LogP contribution in [0.4, 0.5) is 4.79 Å². The van der Waals surface area contributed by atoms with Gasteiger partial charge in [-0.1, -0.05) is 36.4 Å². The molecule has 0 aliphatic carbocycles. The van der Waals surface area contributed by atoms with Crippen LogP contribution in [-0.4, -0.2) is 85.7 Å². The fraction of sp³-hybridized carbons (Fsp3) is 0.444. The van der Waals surface area contributed by atoms with Crippen molar-refractivity contribution in [3.63, 3.8) is 0 Å². The third-order valence-corrected chi connectivity index (χ3v) is 7.14. The summed E-state index contributed by atoms with van der Waals surface area (Å²) in [6.45, 7) is 2.01. The minimum absolute atomic E-state index is 0.309. The van der Waals surface area contributed by atoms with E-state index in [2.05, 4.69) is 4.90 Å². The highest BCUT2D eigenvalue weighted by atomic mass is 16.5. The Morgan fingerprint density at radius 2 is 1.61 bits per heavy atom.